The maximum Gasteiger partial charge on any atom is 0.232 e. The highest BCUT2D eigenvalue weighted by Gasteiger charge is 2.23. The maximum atomic E-state index is 10.8. The van der Waals surface area contributed by atoms with Gasteiger partial charge in [-0.15, -0.1) is 0 Å². The van der Waals surface area contributed by atoms with Crippen molar-refractivity contribution in [3.05, 3.63) is 35.4 Å². The number of aryl methyl sites for hydroxylation is 1. The molecule has 0 spiro atoms. The molecule has 0 aliphatic heterocycles. The van der Waals surface area contributed by atoms with Gasteiger partial charge in [-0.25, -0.2) is 8.42 Å². The van der Waals surface area contributed by atoms with Gasteiger partial charge in [0.1, 0.15) is 0 Å². The SMILES string of the molecule is O=S(=O)(Cl)CCc1cccc(C2CC2)c1. The lowest BCUT2D eigenvalue weighted by Gasteiger charge is -2.02. The first-order valence-electron chi connectivity index (χ1n) is 5.06. The molecule has 2 nitrogen and oxygen atoms in total. The largest absolute Gasteiger partial charge is 0.232 e. The fourth-order valence-corrected chi connectivity index (χ4v) is 2.37. The summed E-state index contributed by atoms with van der Waals surface area (Å²) < 4.78 is 21.6. The molecule has 0 heterocycles. The third kappa shape index (κ3) is 3.50. The smallest absolute Gasteiger partial charge is 0.212 e. The second-order valence-corrected chi connectivity index (χ2v) is 6.91. The van der Waals surface area contributed by atoms with Crippen LogP contribution in [0.2, 0.25) is 0 Å². The molecule has 0 amide bonds. The highest BCUT2D eigenvalue weighted by Crippen LogP contribution is 2.40. The van der Waals surface area contributed by atoms with Crippen molar-refractivity contribution in [3.63, 3.8) is 0 Å². The van der Waals surface area contributed by atoms with Crippen molar-refractivity contribution in [1.29, 1.82) is 0 Å². The molecule has 2 rings (SSSR count). The minimum Gasteiger partial charge on any atom is -0.212 e. The average molecular weight is 245 g/mol. The minimum atomic E-state index is -3.37. The van der Waals surface area contributed by atoms with Crippen molar-refractivity contribution in [3.8, 4) is 0 Å². The van der Waals surface area contributed by atoms with E-state index in [0.717, 1.165) is 5.56 Å². The summed E-state index contributed by atoms with van der Waals surface area (Å²) in [6.45, 7) is 0. The van der Waals surface area contributed by atoms with Crippen LogP contribution >= 0.6 is 10.7 Å². The van der Waals surface area contributed by atoms with Gasteiger partial charge in [0, 0.05) is 10.7 Å². The lowest BCUT2D eigenvalue weighted by molar-refractivity contribution is 0.609. The molecule has 0 saturated heterocycles. The van der Waals surface area contributed by atoms with Gasteiger partial charge in [-0.2, -0.15) is 0 Å². The summed E-state index contributed by atoms with van der Waals surface area (Å²) in [5.74, 6) is 0.723. The van der Waals surface area contributed by atoms with E-state index in [4.69, 9.17) is 10.7 Å². The molecule has 1 fully saturated rings. The summed E-state index contributed by atoms with van der Waals surface area (Å²) in [5.41, 5.74) is 2.39. The number of rotatable bonds is 4. The van der Waals surface area contributed by atoms with Gasteiger partial charge in [0.15, 0.2) is 0 Å². The maximum absolute atomic E-state index is 10.8. The predicted octanol–water partition coefficient (Wildman–Crippen LogP) is 2.68. The van der Waals surface area contributed by atoms with Crippen LogP contribution in [-0.2, 0) is 15.5 Å². The molecule has 0 aromatic heterocycles. The Bertz CT molecular complexity index is 449. The third-order valence-corrected chi connectivity index (χ3v) is 3.79. The van der Waals surface area contributed by atoms with Crippen molar-refractivity contribution in [2.45, 2.75) is 25.2 Å². The van der Waals surface area contributed by atoms with Crippen LogP contribution < -0.4 is 0 Å². The predicted molar refractivity (Wildman–Crippen MR) is 61.8 cm³/mol. The Kier molecular flexibility index (Phi) is 3.03. The number of benzene rings is 1. The topological polar surface area (TPSA) is 34.1 Å². The zero-order valence-electron chi connectivity index (χ0n) is 8.32. The van der Waals surface area contributed by atoms with Crippen LogP contribution in [0.15, 0.2) is 24.3 Å². The summed E-state index contributed by atoms with van der Waals surface area (Å²) in [7, 11) is 1.80. The minimum absolute atomic E-state index is 0.0165. The highest BCUT2D eigenvalue weighted by molar-refractivity contribution is 8.13. The molecule has 1 aliphatic carbocycles. The molecular formula is C11H13ClO2S. The lowest BCUT2D eigenvalue weighted by Crippen LogP contribution is -2.01. The summed E-state index contributed by atoms with van der Waals surface area (Å²) >= 11 is 0. The molecule has 0 atom stereocenters. The molecule has 1 saturated carbocycles. The van der Waals surface area contributed by atoms with Crippen molar-refractivity contribution in [2.75, 3.05) is 5.75 Å². The van der Waals surface area contributed by atoms with Crippen LogP contribution in [0.1, 0.15) is 29.9 Å². The average Bonchev–Trinajstić information content (AvgIpc) is 2.97. The van der Waals surface area contributed by atoms with Crippen LogP contribution in [0, 0.1) is 0 Å². The van der Waals surface area contributed by atoms with Crippen LogP contribution in [0.5, 0.6) is 0 Å². The van der Waals surface area contributed by atoms with Crippen LogP contribution in [0.4, 0.5) is 0 Å². The Labute approximate surface area is 94.7 Å². The molecule has 4 heteroatoms. The van der Waals surface area contributed by atoms with Crippen LogP contribution in [0.25, 0.3) is 0 Å². The quantitative estimate of drug-likeness (QED) is 0.764. The molecule has 82 valence electrons. The highest BCUT2D eigenvalue weighted by atomic mass is 35.7. The summed E-state index contributed by atoms with van der Waals surface area (Å²) in [6, 6.07) is 8.15. The van der Waals surface area contributed by atoms with Gasteiger partial charge in [0.2, 0.25) is 9.05 Å². The van der Waals surface area contributed by atoms with Crippen molar-refractivity contribution < 1.29 is 8.42 Å². The Balaban J connectivity index is 2.05. The lowest BCUT2D eigenvalue weighted by atomic mass is 10.1. The normalized spacial score (nSPS) is 16.6. The summed E-state index contributed by atoms with van der Waals surface area (Å²) in [4.78, 5) is 0. The fraction of sp³-hybridized carbons (Fsp3) is 0.455. The van der Waals surface area contributed by atoms with Gasteiger partial charge >= 0.3 is 0 Å². The molecule has 1 aliphatic rings. The first-order chi connectivity index (χ1) is 7.04. The number of hydrogen-bond acceptors (Lipinski definition) is 2. The molecule has 0 radical (unpaired) electrons. The van der Waals surface area contributed by atoms with Crippen LogP contribution in [0.3, 0.4) is 0 Å². The molecule has 0 unspecified atom stereocenters. The Morgan fingerprint density at radius 3 is 2.67 bits per heavy atom. The Hall–Kier alpha value is -0.540. The van der Waals surface area contributed by atoms with Gasteiger partial charge < -0.3 is 0 Å². The van der Waals surface area contributed by atoms with Gasteiger partial charge in [-0.3, -0.25) is 0 Å². The third-order valence-electron chi connectivity index (χ3n) is 2.63. The van der Waals surface area contributed by atoms with Gasteiger partial charge in [0.05, 0.1) is 5.75 Å². The molecule has 15 heavy (non-hydrogen) atoms. The summed E-state index contributed by atoms with van der Waals surface area (Å²) in [5, 5.41) is 0. The van der Waals surface area contributed by atoms with Crippen molar-refractivity contribution in [2.24, 2.45) is 0 Å². The van der Waals surface area contributed by atoms with Crippen molar-refractivity contribution in [1.82, 2.24) is 0 Å². The zero-order chi connectivity index (χ0) is 10.9. The Morgan fingerprint density at radius 1 is 1.33 bits per heavy atom. The van der Waals surface area contributed by atoms with Gasteiger partial charge in [0.25, 0.3) is 0 Å². The van der Waals surface area contributed by atoms with Gasteiger partial charge in [-0.1, -0.05) is 24.3 Å². The summed E-state index contributed by atoms with van der Waals surface area (Å²) in [6.07, 6.45) is 3.03. The van der Waals surface area contributed by atoms with E-state index in [1.165, 1.54) is 18.4 Å². The van der Waals surface area contributed by atoms with E-state index in [0.29, 0.717) is 12.3 Å². The molecule has 0 bridgehead atoms. The van der Waals surface area contributed by atoms with E-state index in [1.807, 2.05) is 12.1 Å². The number of hydrogen-bond donors (Lipinski definition) is 0. The molecule has 0 N–H and O–H groups in total. The van der Waals surface area contributed by atoms with Gasteiger partial charge in [-0.05, 0) is 36.3 Å². The van der Waals surface area contributed by atoms with E-state index in [2.05, 4.69) is 12.1 Å². The molecular weight excluding hydrogens is 232 g/mol. The second-order valence-electron chi connectivity index (χ2n) is 4.01. The monoisotopic (exact) mass is 244 g/mol. The second kappa shape index (κ2) is 4.14. The van der Waals surface area contributed by atoms with Crippen molar-refractivity contribution >= 4 is 19.7 Å². The zero-order valence-corrected chi connectivity index (χ0v) is 9.89. The number of halogens is 1. The first kappa shape index (κ1) is 11.0. The molecule has 1 aromatic carbocycles. The van der Waals surface area contributed by atoms with Crippen LogP contribution in [-0.4, -0.2) is 14.2 Å². The standard InChI is InChI=1S/C11H13ClO2S/c12-15(13,14)7-6-9-2-1-3-11(8-9)10-4-5-10/h1-3,8,10H,4-7H2. The van der Waals surface area contributed by atoms with E-state index >= 15 is 0 Å². The van der Waals surface area contributed by atoms with E-state index in [1.54, 1.807) is 0 Å². The fourth-order valence-electron chi connectivity index (χ4n) is 1.66. The van der Waals surface area contributed by atoms with E-state index in [9.17, 15) is 8.42 Å². The van der Waals surface area contributed by atoms with E-state index < -0.39 is 9.05 Å². The first-order valence-corrected chi connectivity index (χ1v) is 7.53. The van der Waals surface area contributed by atoms with E-state index in [-0.39, 0.29) is 5.75 Å². The Morgan fingerprint density at radius 2 is 2.07 bits per heavy atom. The molecule has 1 aromatic rings.